The Bertz CT molecular complexity index is 419. The van der Waals surface area contributed by atoms with Crippen molar-refractivity contribution in [1.29, 1.82) is 0 Å². The monoisotopic (exact) mass is 346 g/mol. The Morgan fingerprint density at radius 3 is 1.08 bits per heavy atom. The van der Waals surface area contributed by atoms with E-state index in [-0.39, 0.29) is 0 Å². The van der Waals surface area contributed by atoms with E-state index in [1.165, 1.54) is 9.80 Å². The molecule has 1 aliphatic rings. The first-order valence-corrected chi connectivity index (χ1v) is 7.56. The molecule has 1 saturated carbocycles. The van der Waals surface area contributed by atoms with Crippen molar-refractivity contribution in [2.75, 3.05) is 26.2 Å². The van der Waals surface area contributed by atoms with Crippen molar-refractivity contribution in [3.8, 4) is 0 Å². The van der Waals surface area contributed by atoms with Crippen LogP contribution in [0.2, 0.25) is 0 Å². The number of hydrogen-bond donors (Lipinski definition) is 4. The third-order valence-electron chi connectivity index (χ3n) is 3.99. The van der Waals surface area contributed by atoms with Crippen LogP contribution in [0.3, 0.4) is 0 Å². The zero-order valence-corrected chi connectivity index (χ0v) is 13.1. The predicted molar refractivity (Wildman–Crippen MR) is 79.7 cm³/mol. The van der Waals surface area contributed by atoms with Crippen LogP contribution in [-0.4, -0.2) is 92.4 Å². The fraction of sp³-hybridized carbons (Fsp3) is 0.714. The molecule has 24 heavy (non-hydrogen) atoms. The molecule has 0 aromatic heterocycles. The number of aliphatic carboxylic acids is 4. The molecule has 10 nitrogen and oxygen atoms in total. The summed E-state index contributed by atoms with van der Waals surface area (Å²) in [4.78, 5) is 46.7. The van der Waals surface area contributed by atoms with Crippen LogP contribution >= 0.6 is 0 Å². The molecule has 0 spiro atoms. The molecule has 0 unspecified atom stereocenters. The lowest BCUT2D eigenvalue weighted by atomic mass is 9.87. The second-order valence-electron chi connectivity index (χ2n) is 5.80. The summed E-state index contributed by atoms with van der Waals surface area (Å²) >= 11 is 0. The summed E-state index contributed by atoms with van der Waals surface area (Å²) in [5, 5.41) is 36.0. The van der Waals surface area contributed by atoms with E-state index in [0.29, 0.717) is 12.8 Å². The SMILES string of the molecule is O=C(O)CN(CC(=O)O)[C@H]1CCCC[C@@H]1N(CC(=O)O)CC(=O)O. The lowest BCUT2D eigenvalue weighted by Crippen LogP contribution is -2.57. The van der Waals surface area contributed by atoms with Crippen LogP contribution in [0.15, 0.2) is 0 Å². The highest BCUT2D eigenvalue weighted by Crippen LogP contribution is 2.27. The molecular formula is C14H22N2O8. The third-order valence-corrected chi connectivity index (χ3v) is 3.99. The molecular weight excluding hydrogens is 324 g/mol. The molecule has 0 aromatic carbocycles. The molecule has 1 rings (SSSR count). The molecule has 0 radical (unpaired) electrons. The molecule has 0 aliphatic heterocycles. The quantitative estimate of drug-likeness (QED) is 0.396. The highest BCUT2D eigenvalue weighted by Gasteiger charge is 2.37. The molecule has 1 aliphatic carbocycles. The van der Waals surface area contributed by atoms with E-state index in [1.807, 2.05) is 0 Å². The van der Waals surface area contributed by atoms with Gasteiger partial charge in [0.25, 0.3) is 0 Å². The number of hydrogen-bond acceptors (Lipinski definition) is 6. The number of carbonyl (C=O) groups is 4. The average molecular weight is 346 g/mol. The van der Waals surface area contributed by atoms with Gasteiger partial charge in [-0.15, -0.1) is 0 Å². The standard InChI is InChI=1S/C14H22N2O8/c17-11(18)5-15(6-12(19)20)9-3-1-2-4-10(9)16(7-13(21)22)8-14(23)24/h9-10H,1-8H2,(H,17,18)(H,19,20)(H,21,22)(H,23,24)/t9-,10-/m0/s1. The zero-order valence-electron chi connectivity index (χ0n) is 13.1. The topological polar surface area (TPSA) is 156 Å². The summed E-state index contributed by atoms with van der Waals surface area (Å²) in [5.41, 5.74) is 0. The van der Waals surface area contributed by atoms with Gasteiger partial charge in [0, 0.05) is 12.1 Å². The van der Waals surface area contributed by atoms with Gasteiger partial charge in [0.1, 0.15) is 0 Å². The molecule has 10 heteroatoms. The van der Waals surface area contributed by atoms with Gasteiger partial charge in [-0.2, -0.15) is 0 Å². The highest BCUT2D eigenvalue weighted by atomic mass is 16.4. The molecule has 0 amide bonds. The summed E-state index contributed by atoms with van der Waals surface area (Å²) in [7, 11) is 0. The Morgan fingerprint density at radius 1 is 0.625 bits per heavy atom. The van der Waals surface area contributed by atoms with Gasteiger partial charge in [0.15, 0.2) is 0 Å². The first-order valence-electron chi connectivity index (χ1n) is 7.56. The van der Waals surface area contributed by atoms with Crippen molar-refractivity contribution in [1.82, 2.24) is 9.80 Å². The van der Waals surface area contributed by atoms with Crippen molar-refractivity contribution in [3.05, 3.63) is 0 Å². The Hall–Kier alpha value is -2.20. The summed E-state index contributed by atoms with van der Waals surface area (Å²) < 4.78 is 0. The lowest BCUT2D eigenvalue weighted by Gasteiger charge is -2.43. The first-order chi connectivity index (χ1) is 11.2. The van der Waals surface area contributed by atoms with Crippen molar-refractivity contribution >= 4 is 23.9 Å². The van der Waals surface area contributed by atoms with Crippen LogP contribution < -0.4 is 0 Å². The molecule has 136 valence electrons. The van der Waals surface area contributed by atoms with E-state index in [4.69, 9.17) is 20.4 Å². The minimum Gasteiger partial charge on any atom is -0.480 e. The average Bonchev–Trinajstić information content (AvgIpc) is 2.44. The number of carboxylic acids is 4. The minimum absolute atomic E-state index is 0.487. The van der Waals surface area contributed by atoms with Crippen LogP contribution in [0.1, 0.15) is 25.7 Å². The van der Waals surface area contributed by atoms with Gasteiger partial charge in [0.2, 0.25) is 0 Å². The highest BCUT2D eigenvalue weighted by molar-refractivity contribution is 5.73. The van der Waals surface area contributed by atoms with E-state index in [2.05, 4.69) is 0 Å². The maximum atomic E-state index is 11.0. The van der Waals surface area contributed by atoms with Gasteiger partial charge in [0.05, 0.1) is 26.2 Å². The van der Waals surface area contributed by atoms with Gasteiger partial charge >= 0.3 is 23.9 Å². The van der Waals surface area contributed by atoms with Gasteiger partial charge in [-0.1, -0.05) is 12.8 Å². The number of carboxylic acid groups (broad SMARTS) is 4. The van der Waals surface area contributed by atoms with Crippen LogP contribution in [0.5, 0.6) is 0 Å². The van der Waals surface area contributed by atoms with Gasteiger partial charge in [-0.25, -0.2) is 0 Å². The molecule has 0 heterocycles. The van der Waals surface area contributed by atoms with E-state index >= 15 is 0 Å². The number of nitrogens with zero attached hydrogens (tertiary/aromatic N) is 2. The van der Waals surface area contributed by atoms with Crippen molar-refractivity contribution < 1.29 is 39.6 Å². The van der Waals surface area contributed by atoms with Crippen LogP contribution in [-0.2, 0) is 19.2 Å². The first kappa shape index (κ1) is 19.8. The molecule has 0 bridgehead atoms. The molecule has 0 aromatic rings. The van der Waals surface area contributed by atoms with Crippen LogP contribution in [0.4, 0.5) is 0 Å². The van der Waals surface area contributed by atoms with Crippen molar-refractivity contribution in [2.24, 2.45) is 0 Å². The van der Waals surface area contributed by atoms with Gasteiger partial charge < -0.3 is 20.4 Å². The molecule has 0 saturated heterocycles. The Balaban J connectivity index is 3.03. The predicted octanol–water partition coefficient (Wildman–Crippen LogP) is -0.760. The Labute approximate surface area is 138 Å². The Morgan fingerprint density at radius 2 is 0.875 bits per heavy atom. The van der Waals surface area contributed by atoms with E-state index in [1.54, 1.807) is 0 Å². The second-order valence-corrected chi connectivity index (χ2v) is 5.80. The maximum Gasteiger partial charge on any atom is 0.317 e. The van der Waals surface area contributed by atoms with Crippen LogP contribution in [0, 0.1) is 0 Å². The zero-order chi connectivity index (χ0) is 18.3. The van der Waals surface area contributed by atoms with Gasteiger partial charge in [-0.3, -0.25) is 29.0 Å². The largest absolute Gasteiger partial charge is 0.480 e. The summed E-state index contributed by atoms with van der Waals surface area (Å²) in [5.74, 6) is -4.76. The molecule has 4 N–H and O–H groups in total. The van der Waals surface area contributed by atoms with E-state index < -0.39 is 62.1 Å². The van der Waals surface area contributed by atoms with E-state index in [0.717, 1.165) is 12.8 Å². The summed E-state index contributed by atoms with van der Waals surface area (Å²) in [6, 6.07) is -1.05. The lowest BCUT2D eigenvalue weighted by molar-refractivity contribution is -0.149. The molecule has 2 atom stereocenters. The summed E-state index contributed by atoms with van der Waals surface area (Å²) in [6.45, 7) is -1.99. The van der Waals surface area contributed by atoms with Crippen molar-refractivity contribution in [3.63, 3.8) is 0 Å². The number of rotatable bonds is 10. The van der Waals surface area contributed by atoms with E-state index in [9.17, 15) is 19.2 Å². The minimum atomic E-state index is -1.19. The maximum absolute atomic E-state index is 11.0. The third kappa shape index (κ3) is 6.50. The fourth-order valence-corrected chi connectivity index (χ4v) is 3.22. The molecule has 1 fully saturated rings. The second kappa shape index (κ2) is 9.18. The van der Waals surface area contributed by atoms with Crippen molar-refractivity contribution in [2.45, 2.75) is 37.8 Å². The van der Waals surface area contributed by atoms with Gasteiger partial charge in [-0.05, 0) is 12.8 Å². The fourth-order valence-electron chi connectivity index (χ4n) is 3.22. The van der Waals surface area contributed by atoms with Crippen LogP contribution in [0.25, 0.3) is 0 Å². The Kier molecular flexibility index (Phi) is 7.59. The summed E-state index contributed by atoms with van der Waals surface area (Å²) in [6.07, 6.45) is 2.46. The normalized spacial score (nSPS) is 20.9. The smallest absolute Gasteiger partial charge is 0.317 e.